The van der Waals surface area contributed by atoms with Crippen LogP contribution < -0.4 is 15.6 Å². The average Bonchev–Trinajstić information content (AvgIpc) is 2.75. The monoisotopic (exact) mass is 459 g/mol. The summed E-state index contributed by atoms with van der Waals surface area (Å²) in [6, 6.07) is 10.7. The zero-order chi connectivity index (χ0) is 22.5. The minimum absolute atomic E-state index is 0.0795. The van der Waals surface area contributed by atoms with Gasteiger partial charge in [0.25, 0.3) is 5.56 Å². The molecule has 0 aliphatic rings. The van der Waals surface area contributed by atoms with Crippen LogP contribution >= 0.6 is 23.4 Å². The summed E-state index contributed by atoms with van der Waals surface area (Å²) in [5, 5.41) is 4.11. The van der Waals surface area contributed by atoms with Gasteiger partial charge in [-0.2, -0.15) is 0 Å². The molecule has 2 aromatic carbocycles. The lowest BCUT2D eigenvalue weighted by Crippen LogP contribution is -2.27. The third-order valence-corrected chi connectivity index (χ3v) is 6.45. The number of rotatable bonds is 8. The predicted octanol–water partition coefficient (Wildman–Crippen LogP) is 5.29. The van der Waals surface area contributed by atoms with Gasteiger partial charge in [-0.25, -0.2) is 4.98 Å². The number of para-hydroxylation sites is 1. The van der Waals surface area contributed by atoms with Gasteiger partial charge in [0, 0.05) is 17.6 Å². The van der Waals surface area contributed by atoms with Crippen molar-refractivity contribution in [3.8, 4) is 5.75 Å². The van der Waals surface area contributed by atoms with Crippen molar-refractivity contribution in [2.24, 2.45) is 0 Å². The summed E-state index contributed by atoms with van der Waals surface area (Å²) < 4.78 is 7.02. The first-order valence-corrected chi connectivity index (χ1v) is 11.4. The van der Waals surface area contributed by atoms with Crippen LogP contribution in [0, 0.1) is 6.92 Å². The van der Waals surface area contributed by atoms with Crippen molar-refractivity contribution in [1.29, 1.82) is 0 Å². The second-order valence-electron chi connectivity index (χ2n) is 7.27. The number of anilines is 1. The van der Waals surface area contributed by atoms with E-state index < -0.39 is 5.25 Å². The molecule has 0 aliphatic heterocycles. The van der Waals surface area contributed by atoms with Crippen LogP contribution in [0.3, 0.4) is 0 Å². The highest BCUT2D eigenvalue weighted by Crippen LogP contribution is 2.32. The molecule has 8 heteroatoms. The van der Waals surface area contributed by atoms with Crippen molar-refractivity contribution >= 4 is 45.9 Å². The van der Waals surface area contributed by atoms with Gasteiger partial charge in [0.15, 0.2) is 5.16 Å². The molecule has 0 spiro atoms. The van der Waals surface area contributed by atoms with Gasteiger partial charge in [0.2, 0.25) is 5.91 Å². The summed E-state index contributed by atoms with van der Waals surface area (Å²) in [5.74, 6) is 0.277. The van der Waals surface area contributed by atoms with E-state index in [-0.39, 0.29) is 11.5 Å². The number of nitrogens with one attached hydrogen (secondary N) is 1. The molecule has 164 valence electrons. The third kappa shape index (κ3) is 5.22. The molecule has 0 aliphatic carbocycles. The quantitative estimate of drug-likeness (QED) is 0.366. The van der Waals surface area contributed by atoms with Gasteiger partial charge in [0.05, 0.1) is 29.0 Å². The standard InChI is InChI=1S/C23H26ClN3O3S/c1-5-6-11-27-22(29)16-9-7-8-10-18(16)26-23(27)31-15(3)21(28)25-19-12-14(2)17(24)13-20(19)30-4/h7-10,12-13,15H,5-6,11H2,1-4H3,(H,25,28). The van der Waals surface area contributed by atoms with E-state index in [9.17, 15) is 9.59 Å². The number of fused-ring (bicyclic) bond motifs is 1. The van der Waals surface area contributed by atoms with Crippen molar-refractivity contribution in [2.75, 3.05) is 12.4 Å². The number of hydrogen-bond donors (Lipinski definition) is 1. The van der Waals surface area contributed by atoms with Crippen molar-refractivity contribution in [3.63, 3.8) is 0 Å². The zero-order valence-corrected chi connectivity index (χ0v) is 19.6. The van der Waals surface area contributed by atoms with Crippen molar-refractivity contribution in [2.45, 2.75) is 50.6 Å². The Morgan fingerprint density at radius 3 is 2.77 bits per heavy atom. The number of carbonyl (C=O) groups excluding carboxylic acids is 1. The van der Waals surface area contributed by atoms with Gasteiger partial charge in [-0.15, -0.1) is 0 Å². The third-order valence-electron chi connectivity index (χ3n) is 4.95. The van der Waals surface area contributed by atoms with Crippen LogP contribution in [0.5, 0.6) is 5.75 Å². The molecule has 1 N–H and O–H groups in total. The van der Waals surface area contributed by atoms with Crippen LogP contribution in [-0.2, 0) is 11.3 Å². The number of aromatic nitrogens is 2. The fourth-order valence-corrected chi connectivity index (χ4v) is 4.22. The van der Waals surface area contributed by atoms with Crippen molar-refractivity contribution in [1.82, 2.24) is 9.55 Å². The minimum atomic E-state index is -0.485. The lowest BCUT2D eigenvalue weighted by Gasteiger charge is -2.17. The number of methoxy groups -OCH3 is 1. The van der Waals surface area contributed by atoms with Crippen LogP contribution in [0.2, 0.25) is 5.02 Å². The van der Waals surface area contributed by atoms with Gasteiger partial charge in [-0.3, -0.25) is 14.2 Å². The first kappa shape index (κ1) is 23.2. The Hall–Kier alpha value is -2.51. The number of hydrogen-bond acceptors (Lipinski definition) is 5. The normalized spacial score (nSPS) is 12.0. The maximum atomic E-state index is 13.0. The molecule has 0 fully saturated rings. The highest BCUT2D eigenvalue weighted by atomic mass is 35.5. The SMILES string of the molecule is CCCCn1c(SC(C)C(=O)Nc2cc(C)c(Cl)cc2OC)nc2ccccc2c1=O. The van der Waals surface area contributed by atoms with E-state index in [1.165, 1.54) is 18.9 Å². The number of aryl methyl sites for hydroxylation is 1. The number of amides is 1. The number of thioether (sulfide) groups is 1. The predicted molar refractivity (Wildman–Crippen MR) is 128 cm³/mol. The largest absolute Gasteiger partial charge is 0.495 e. The Kier molecular flexibility index (Phi) is 7.62. The van der Waals surface area contributed by atoms with E-state index in [1.807, 2.05) is 25.1 Å². The number of nitrogens with zero attached hydrogens (tertiary/aromatic N) is 2. The molecule has 6 nitrogen and oxygen atoms in total. The van der Waals surface area contributed by atoms with Crippen LogP contribution in [0.4, 0.5) is 5.69 Å². The topological polar surface area (TPSA) is 73.2 Å². The minimum Gasteiger partial charge on any atom is -0.495 e. The number of halogens is 1. The van der Waals surface area contributed by atoms with E-state index in [0.717, 1.165) is 18.4 Å². The fraction of sp³-hybridized carbons (Fsp3) is 0.348. The fourth-order valence-electron chi connectivity index (χ4n) is 3.13. The molecule has 1 aromatic heterocycles. The lowest BCUT2D eigenvalue weighted by atomic mass is 10.2. The zero-order valence-electron chi connectivity index (χ0n) is 18.1. The Balaban J connectivity index is 1.89. The Morgan fingerprint density at radius 1 is 1.32 bits per heavy atom. The first-order chi connectivity index (χ1) is 14.8. The van der Waals surface area contributed by atoms with Gasteiger partial charge in [-0.05, 0) is 44.0 Å². The summed E-state index contributed by atoms with van der Waals surface area (Å²) in [7, 11) is 1.53. The molecule has 0 bridgehead atoms. The molecule has 1 heterocycles. The summed E-state index contributed by atoms with van der Waals surface area (Å²) in [6.45, 7) is 6.29. The number of unbranched alkanes of at least 4 members (excludes halogenated alkanes) is 1. The summed E-state index contributed by atoms with van der Waals surface area (Å²) in [6.07, 6.45) is 1.81. The summed E-state index contributed by atoms with van der Waals surface area (Å²) >= 11 is 7.43. The number of carbonyl (C=O) groups is 1. The molecular weight excluding hydrogens is 434 g/mol. The van der Waals surface area contributed by atoms with E-state index in [2.05, 4.69) is 17.2 Å². The molecule has 3 aromatic rings. The highest BCUT2D eigenvalue weighted by molar-refractivity contribution is 8.00. The number of ether oxygens (including phenoxy) is 1. The summed E-state index contributed by atoms with van der Waals surface area (Å²) in [4.78, 5) is 30.6. The molecule has 1 atom stereocenters. The van der Waals surface area contributed by atoms with Gasteiger partial charge >= 0.3 is 0 Å². The lowest BCUT2D eigenvalue weighted by molar-refractivity contribution is -0.115. The van der Waals surface area contributed by atoms with E-state index in [0.29, 0.717) is 39.1 Å². The summed E-state index contributed by atoms with van der Waals surface area (Å²) in [5.41, 5.74) is 1.94. The molecule has 1 amide bonds. The molecule has 0 radical (unpaired) electrons. The van der Waals surface area contributed by atoms with E-state index >= 15 is 0 Å². The second kappa shape index (κ2) is 10.2. The Bertz CT molecular complexity index is 1160. The van der Waals surface area contributed by atoms with Crippen molar-refractivity contribution < 1.29 is 9.53 Å². The number of benzene rings is 2. The van der Waals surface area contributed by atoms with Crippen LogP contribution in [-0.4, -0.2) is 27.8 Å². The Morgan fingerprint density at radius 2 is 2.06 bits per heavy atom. The van der Waals surface area contributed by atoms with Crippen molar-refractivity contribution in [3.05, 3.63) is 57.3 Å². The molecule has 31 heavy (non-hydrogen) atoms. The highest BCUT2D eigenvalue weighted by Gasteiger charge is 2.21. The van der Waals surface area contributed by atoms with E-state index in [1.54, 1.807) is 29.7 Å². The molecule has 0 saturated carbocycles. The molecule has 3 rings (SSSR count). The average molecular weight is 460 g/mol. The van der Waals surface area contributed by atoms with Crippen LogP contribution in [0.25, 0.3) is 10.9 Å². The maximum absolute atomic E-state index is 13.0. The van der Waals surface area contributed by atoms with Crippen LogP contribution in [0.1, 0.15) is 32.3 Å². The smallest absolute Gasteiger partial charge is 0.262 e. The molecular formula is C23H26ClN3O3S. The molecule has 1 unspecified atom stereocenters. The Labute approximate surface area is 191 Å². The second-order valence-corrected chi connectivity index (χ2v) is 8.99. The van der Waals surface area contributed by atoms with Gasteiger partial charge in [0.1, 0.15) is 5.75 Å². The molecule has 0 saturated heterocycles. The van der Waals surface area contributed by atoms with E-state index in [4.69, 9.17) is 16.3 Å². The maximum Gasteiger partial charge on any atom is 0.262 e. The first-order valence-electron chi connectivity index (χ1n) is 10.2. The van der Waals surface area contributed by atoms with Gasteiger partial charge < -0.3 is 10.1 Å². The van der Waals surface area contributed by atoms with Crippen LogP contribution in [0.15, 0.2) is 46.3 Å². The van der Waals surface area contributed by atoms with Gasteiger partial charge in [-0.1, -0.05) is 48.8 Å².